The van der Waals surface area contributed by atoms with Gasteiger partial charge in [-0.15, -0.1) is 0 Å². The molecular weight excluding hydrogens is 244 g/mol. The highest BCUT2D eigenvalue weighted by Gasteiger charge is 2.41. The molecular formula is C14H26N2O3. The van der Waals surface area contributed by atoms with E-state index in [1.165, 1.54) is 0 Å². The topological polar surface area (TPSA) is 78.4 Å². The van der Waals surface area contributed by atoms with Gasteiger partial charge in [-0.3, -0.25) is 4.79 Å². The summed E-state index contributed by atoms with van der Waals surface area (Å²) in [6, 6.07) is -0.125. The van der Waals surface area contributed by atoms with E-state index in [1.54, 1.807) is 0 Å². The first kappa shape index (κ1) is 15.8. The molecule has 0 bridgehead atoms. The standard InChI is InChI=1S/C14H26N2O3/c1-3-4-7-11(2)16-13(19)15-10-14(12(17)18)8-5-6-9-14/h11H,3-10H2,1-2H3,(H,17,18)(H2,15,16,19). The quantitative estimate of drug-likeness (QED) is 0.665. The van der Waals surface area contributed by atoms with E-state index in [0.29, 0.717) is 12.8 Å². The Morgan fingerprint density at radius 1 is 1.32 bits per heavy atom. The number of carboxylic acid groups (broad SMARTS) is 1. The Hall–Kier alpha value is -1.26. The van der Waals surface area contributed by atoms with Crippen LogP contribution in [0.4, 0.5) is 4.79 Å². The molecule has 19 heavy (non-hydrogen) atoms. The maximum Gasteiger partial charge on any atom is 0.315 e. The van der Waals surface area contributed by atoms with Crippen molar-refractivity contribution in [2.24, 2.45) is 5.41 Å². The summed E-state index contributed by atoms with van der Waals surface area (Å²) in [6.07, 6.45) is 6.33. The molecule has 1 saturated carbocycles. The molecule has 1 rings (SSSR count). The van der Waals surface area contributed by atoms with Gasteiger partial charge in [-0.2, -0.15) is 0 Å². The lowest BCUT2D eigenvalue weighted by Crippen LogP contribution is -2.47. The minimum Gasteiger partial charge on any atom is -0.481 e. The van der Waals surface area contributed by atoms with E-state index in [1.807, 2.05) is 6.92 Å². The lowest BCUT2D eigenvalue weighted by Gasteiger charge is -2.24. The maximum atomic E-state index is 11.7. The number of rotatable bonds is 7. The Morgan fingerprint density at radius 2 is 1.95 bits per heavy atom. The van der Waals surface area contributed by atoms with Crippen LogP contribution in [0.25, 0.3) is 0 Å². The van der Waals surface area contributed by atoms with Gasteiger partial charge in [0.1, 0.15) is 0 Å². The summed E-state index contributed by atoms with van der Waals surface area (Å²) in [7, 11) is 0. The Labute approximate surface area is 115 Å². The molecule has 5 heteroatoms. The molecule has 3 N–H and O–H groups in total. The number of unbranched alkanes of at least 4 members (excludes halogenated alkanes) is 1. The summed E-state index contributed by atoms with van der Waals surface area (Å²) in [6.45, 7) is 4.32. The predicted octanol–water partition coefficient (Wildman–Crippen LogP) is 2.51. The molecule has 2 amide bonds. The van der Waals surface area contributed by atoms with Crippen LogP contribution in [0, 0.1) is 5.41 Å². The van der Waals surface area contributed by atoms with Crippen molar-refractivity contribution in [3.05, 3.63) is 0 Å². The van der Waals surface area contributed by atoms with Crippen molar-refractivity contribution >= 4 is 12.0 Å². The molecule has 0 aromatic heterocycles. The molecule has 1 fully saturated rings. The summed E-state index contributed by atoms with van der Waals surface area (Å²) in [5, 5.41) is 14.9. The van der Waals surface area contributed by atoms with Crippen LogP contribution in [-0.4, -0.2) is 29.7 Å². The normalized spacial score (nSPS) is 18.8. The highest BCUT2D eigenvalue weighted by Crippen LogP contribution is 2.37. The van der Waals surface area contributed by atoms with Crippen LogP contribution >= 0.6 is 0 Å². The molecule has 1 aliphatic rings. The van der Waals surface area contributed by atoms with E-state index in [9.17, 15) is 14.7 Å². The van der Waals surface area contributed by atoms with Crippen LogP contribution in [-0.2, 0) is 4.79 Å². The minimum absolute atomic E-state index is 0.129. The Bertz CT molecular complexity index is 312. The lowest BCUT2D eigenvalue weighted by atomic mass is 9.86. The number of hydrogen-bond donors (Lipinski definition) is 3. The molecule has 1 aliphatic carbocycles. The molecule has 0 heterocycles. The first-order valence-corrected chi connectivity index (χ1v) is 7.28. The second kappa shape index (κ2) is 7.36. The Morgan fingerprint density at radius 3 is 2.47 bits per heavy atom. The van der Waals surface area contributed by atoms with Crippen molar-refractivity contribution in [3.63, 3.8) is 0 Å². The fourth-order valence-electron chi connectivity index (χ4n) is 2.62. The van der Waals surface area contributed by atoms with Crippen molar-refractivity contribution in [1.82, 2.24) is 10.6 Å². The number of urea groups is 1. The zero-order valence-electron chi connectivity index (χ0n) is 12.0. The smallest absolute Gasteiger partial charge is 0.315 e. The van der Waals surface area contributed by atoms with Crippen molar-refractivity contribution in [2.75, 3.05) is 6.54 Å². The van der Waals surface area contributed by atoms with E-state index in [2.05, 4.69) is 17.6 Å². The van der Waals surface area contributed by atoms with E-state index >= 15 is 0 Å². The Balaban J connectivity index is 2.34. The number of amides is 2. The molecule has 110 valence electrons. The van der Waals surface area contributed by atoms with E-state index in [-0.39, 0.29) is 18.6 Å². The predicted molar refractivity (Wildman–Crippen MR) is 74.1 cm³/mol. The third-order valence-corrected chi connectivity index (χ3v) is 3.97. The van der Waals surface area contributed by atoms with Crippen LogP contribution < -0.4 is 10.6 Å². The monoisotopic (exact) mass is 270 g/mol. The zero-order chi connectivity index (χ0) is 14.3. The molecule has 1 atom stereocenters. The van der Waals surface area contributed by atoms with Gasteiger partial charge in [0, 0.05) is 12.6 Å². The van der Waals surface area contributed by atoms with Gasteiger partial charge in [0.25, 0.3) is 0 Å². The van der Waals surface area contributed by atoms with E-state index in [0.717, 1.165) is 32.1 Å². The van der Waals surface area contributed by atoms with Gasteiger partial charge in [-0.05, 0) is 26.2 Å². The molecule has 0 saturated heterocycles. The van der Waals surface area contributed by atoms with Crippen molar-refractivity contribution < 1.29 is 14.7 Å². The van der Waals surface area contributed by atoms with Crippen molar-refractivity contribution in [3.8, 4) is 0 Å². The highest BCUT2D eigenvalue weighted by molar-refractivity contribution is 5.78. The van der Waals surface area contributed by atoms with E-state index < -0.39 is 11.4 Å². The second-order valence-electron chi connectivity index (χ2n) is 5.66. The molecule has 1 unspecified atom stereocenters. The number of nitrogens with one attached hydrogen (secondary N) is 2. The third-order valence-electron chi connectivity index (χ3n) is 3.97. The summed E-state index contributed by atoms with van der Waals surface area (Å²) < 4.78 is 0. The number of carboxylic acids is 1. The minimum atomic E-state index is -0.788. The van der Waals surface area contributed by atoms with Crippen molar-refractivity contribution in [1.29, 1.82) is 0 Å². The summed E-state index contributed by atoms with van der Waals surface area (Å²) in [4.78, 5) is 23.1. The summed E-state index contributed by atoms with van der Waals surface area (Å²) in [5.41, 5.74) is -0.746. The SMILES string of the molecule is CCCCC(C)NC(=O)NCC1(C(=O)O)CCCC1. The fourth-order valence-corrected chi connectivity index (χ4v) is 2.62. The van der Waals surface area contributed by atoms with Crippen molar-refractivity contribution in [2.45, 2.75) is 64.8 Å². The van der Waals surface area contributed by atoms with Gasteiger partial charge in [0.2, 0.25) is 0 Å². The third kappa shape index (κ3) is 4.73. The Kier molecular flexibility index (Phi) is 6.12. The molecule has 0 aromatic carbocycles. The van der Waals surface area contributed by atoms with Gasteiger partial charge in [0.05, 0.1) is 5.41 Å². The first-order valence-electron chi connectivity index (χ1n) is 7.28. The van der Waals surface area contributed by atoms with Crippen LogP contribution in [0.2, 0.25) is 0 Å². The molecule has 0 spiro atoms. The van der Waals surface area contributed by atoms with Gasteiger partial charge in [-0.25, -0.2) is 4.79 Å². The summed E-state index contributed by atoms with van der Waals surface area (Å²) in [5.74, 6) is -0.788. The van der Waals surface area contributed by atoms with Crippen LogP contribution in [0.5, 0.6) is 0 Å². The summed E-state index contributed by atoms with van der Waals surface area (Å²) >= 11 is 0. The zero-order valence-corrected chi connectivity index (χ0v) is 12.0. The second-order valence-corrected chi connectivity index (χ2v) is 5.66. The average molecular weight is 270 g/mol. The van der Waals surface area contributed by atoms with Crippen LogP contribution in [0.1, 0.15) is 58.8 Å². The number of carbonyl (C=O) groups is 2. The van der Waals surface area contributed by atoms with Crippen LogP contribution in [0.15, 0.2) is 0 Å². The molecule has 0 aliphatic heterocycles. The van der Waals surface area contributed by atoms with Gasteiger partial charge in [0.15, 0.2) is 0 Å². The molecule has 0 aromatic rings. The van der Waals surface area contributed by atoms with Gasteiger partial charge < -0.3 is 15.7 Å². The van der Waals surface area contributed by atoms with Gasteiger partial charge in [-0.1, -0.05) is 32.6 Å². The fraction of sp³-hybridized carbons (Fsp3) is 0.857. The van der Waals surface area contributed by atoms with Crippen LogP contribution in [0.3, 0.4) is 0 Å². The largest absolute Gasteiger partial charge is 0.481 e. The van der Waals surface area contributed by atoms with Gasteiger partial charge >= 0.3 is 12.0 Å². The average Bonchev–Trinajstić information content (AvgIpc) is 2.84. The van der Waals surface area contributed by atoms with E-state index in [4.69, 9.17) is 0 Å². The maximum absolute atomic E-state index is 11.7. The first-order chi connectivity index (χ1) is 9.00. The molecule has 5 nitrogen and oxygen atoms in total. The number of hydrogen-bond acceptors (Lipinski definition) is 2. The highest BCUT2D eigenvalue weighted by atomic mass is 16.4. The molecule has 0 radical (unpaired) electrons. The number of aliphatic carboxylic acids is 1. The number of carbonyl (C=O) groups excluding carboxylic acids is 1. The lowest BCUT2D eigenvalue weighted by molar-refractivity contribution is -0.148.